The zero-order chi connectivity index (χ0) is 14.6. The maximum Gasteiger partial charge on any atom is 0.229 e. The molecule has 0 aliphatic carbocycles. The normalized spacial score (nSPS) is 12.1. The topological polar surface area (TPSA) is 55.6 Å². The number of methoxy groups -OCH3 is 1. The maximum atomic E-state index is 12.3. The van der Waals surface area contributed by atoms with Gasteiger partial charge < -0.3 is 15.4 Å². The molecule has 0 radical (unpaired) electrons. The first-order chi connectivity index (χ1) is 8.92. The summed E-state index contributed by atoms with van der Waals surface area (Å²) in [6.45, 7) is 6.48. The summed E-state index contributed by atoms with van der Waals surface area (Å²) in [7, 11) is 3.40. The Labute approximate surface area is 115 Å². The molecule has 1 atom stereocenters. The summed E-state index contributed by atoms with van der Waals surface area (Å²) in [5.74, 6) is 0.701. The molecular formula is C15H24N2O2. The van der Waals surface area contributed by atoms with Crippen LogP contribution in [0, 0.1) is 19.8 Å². The van der Waals surface area contributed by atoms with Gasteiger partial charge in [0.1, 0.15) is 5.75 Å². The minimum Gasteiger partial charge on any atom is -0.495 e. The van der Waals surface area contributed by atoms with Gasteiger partial charge >= 0.3 is 0 Å². The van der Waals surface area contributed by atoms with Crippen molar-refractivity contribution >= 4 is 11.6 Å². The van der Waals surface area contributed by atoms with E-state index in [4.69, 9.17) is 10.5 Å². The number of carbonyl (C=O) groups excluding carboxylic acids is 1. The average molecular weight is 264 g/mol. The second kappa shape index (κ2) is 6.57. The number of carbonyl (C=O) groups is 1. The van der Waals surface area contributed by atoms with Crippen molar-refractivity contribution in [2.24, 2.45) is 11.7 Å². The quantitative estimate of drug-likeness (QED) is 0.887. The third-order valence-corrected chi connectivity index (χ3v) is 3.51. The van der Waals surface area contributed by atoms with E-state index in [1.54, 1.807) is 19.1 Å². The number of aryl methyl sites for hydroxylation is 2. The predicted molar refractivity (Wildman–Crippen MR) is 78.7 cm³/mol. The molecule has 1 aromatic rings. The summed E-state index contributed by atoms with van der Waals surface area (Å²) in [6.07, 6.45) is 0.691. The molecule has 1 amide bonds. The highest BCUT2D eigenvalue weighted by Crippen LogP contribution is 2.31. The summed E-state index contributed by atoms with van der Waals surface area (Å²) in [5.41, 5.74) is 8.61. The molecule has 1 rings (SSSR count). The number of rotatable bonds is 5. The molecule has 0 saturated heterocycles. The predicted octanol–water partition coefficient (Wildman–Crippen LogP) is 2.26. The van der Waals surface area contributed by atoms with Gasteiger partial charge in [-0.2, -0.15) is 0 Å². The van der Waals surface area contributed by atoms with E-state index in [9.17, 15) is 4.79 Å². The van der Waals surface area contributed by atoms with Gasteiger partial charge in [0.2, 0.25) is 5.91 Å². The Morgan fingerprint density at radius 3 is 2.47 bits per heavy atom. The van der Waals surface area contributed by atoms with Gasteiger partial charge in [-0.15, -0.1) is 0 Å². The highest BCUT2D eigenvalue weighted by molar-refractivity contribution is 5.95. The number of benzene rings is 1. The van der Waals surface area contributed by atoms with E-state index in [0.717, 1.165) is 22.6 Å². The molecule has 106 valence electrons. The van der Waals surface area contributed by atoms with E-state index >= 15 is 0 Å². The zero-order valence-corrected chi connectivity index (χ0v) is 12.5. The lowest BCUT2D eigenvalue weighted by atomic mass is 10.0. The van der Waals surface area contributed by atoms with E-state index in [-0.39, 0.29) is 11.8 Å². The summed E-state index contributed by atoms with van der Waals surface area (Å²) in [6, 6.07) is 3.95. The van der Waals surface area contributed by atoms with Crippen molar-refractivity contribution in [3.63, 3.8) is 0 Å². The Morgan fingerprint density at radius 1 is 1.37 bits per heavy atom. The Hall–Kier alpha value is -1.55. The number of amides is 1. The minimum absolute atomic E-state index is 0.0620. The van der Waals surface area contributed by atoms with E-state index in [2.05, 4.69) is 0 Å². The molecule has 1 aromatic carbocycles. The first kappa shape index (κ1) is 15.5. The fraction of sp³-hybridized carbons (Fsp3) is 0.533. The molecule has 0 saturated carbocycles. The fourth-order valence-electron chi connectivity index (χ4n) is 2.02. The fourth-order valence-corrected chi connectivity index (χ4v) is 2.02. The van der Waals surface area contributed by atoms with E-state index in [0.29, 0.717) is 13.0 Å². The molecule has 0 spiro atoms. The van der Waals surface area contributed by atoms with E-state index < -0.39 is 0 Å². The lowest BCUT2D eigenvalue weighted by Crippen LogP contribution is -2.33. The van der Waals surface area contributed by atoms with Crippen LogP contribution in [0.4, 0.5) is 5.69 Å². The van der Waals surface area contributed by atoms with Crippen LogP contribution in [0.2, 0.25) is 0 Å². The van der Waals surface area contributed by atoms with Gasteiger partial charge in [-0.25, -0.2) is 0 Å². The third kappa shape index (κ3) is 3.47. The van der Waals surface area contributed by atoms with Crippen molar-refractivity contribution in [3.8, 4) is 5.75 Å². The molecule has 2 N–H and O–H groups in total. The molecule has 4 heteroatoms. The van der Waals surface area contributed by atoms with E-state index in [1.165, 1.54) is 0 Å². The Kier molecular flexibility index (Phi) is 5.36. The molecule has 1 unspecified atom stereocenters. The minimum atomic E-state index is -0.0821. The van der Waals surface area contributed by atoms with Crippen molar-refractivity contribution < 1.29 is 9.53 Å². The molecule has 0 aliphatic rings. The largest absolute Gasteiger partial charge is 0.495 e. The standard InChI is InChI=1S/C15H24N2O2/c1-10(6-7-16)15(18)17(4)13-8-11(2)12(3)9-14(13)19-5/h8-10H,6-7,16H2,1-5H3. The molecular weight excluding hydrogens is 240 g/mol. The molecule has 0 fully saturated rings. The molecule has 4 nitrogen and oxygen atoms in total. The molecule has 19 heavy (non-hydrogen) atoms. The molecule has 0 heterocycles. The summed E-state index contributed by atoms with van der Waals surface area (Å²) in [4.78, 5) is 14.0. The first-order valence-corrected chi connectivity index (χ1v) is 6.55. The third-order valence-electron chi connectivity index (χ3n) is 3.51. The highest BCUT2D eigenvalue weighted by atomic mass is 16.5. The van der Waals surface area contributed by atoms with Crippen LogP contribution in [0.25, 0.3) is 0 Å². The second-order valence-electron chi connectivity index (χ2n) is 4.98. The number of anilines is 1. The summed E-state index contributed by atoms with van der Waals surface area (Å²) < 4.78 is 5.37. The van der Waals surface area contributed by atoms with Gasteiger partial charge in [-0.3, -0.25) is 4.79 Å². The summed E-state index contributed by atoms with van der Waals surface area (Å²) in [5, 5.41) is 0. The Bertz CT molecular complexity index is 458. The highest BCUT2D eigenvalue weighted by Gasteiger charge is 2.21. The van der Waals surface area contributed by atoms with Crippen molar-refractivity contribution in [1.29, 1.82) is 0 Å². The van der Waals surface area contributed by atoms with E-state index in [1.807, 2.05) is 32.9 Å². The molecule has 0 bridgehead atoms. The zero-order valence-electron chi connectivity index (χ0n) is 12.5. The first-order valence-electron chi connectivity index (χ1n) is 6.55. The lowest BCUT2D eigenvalue weighted by molar-refractivity contribution is -0.121. The number of hydrogen-bond acceptors (Lipinski definition) is 3. The van der Waals surface area contributed by atoms with Crippen LogP contribution in [0.1, 0.15) is 24.5 Å². The number of ether oxygens (including phenoxy) is 1. The smallest absolute Gasteiger partial charge is 0.229 e. The average Bonchev–Trinajstić information content (AvgIpc) is 2.39. The monoisotopic (exact) mass is 264 g/mol. The van der Waals surface area contributed by atoms with Crippen LogP contribution in [-0.4, -0.2) is 26.6 Å². The van der Waals surface area contributed by atoms with Crippen LogP contribution < -0.4 is 15.4 Å². The van der Waals surface area contributed by atoms with Crippen molar-refractivity contribution in [2.75, 3.05) is 25.6 Å². The van der Waals surface area contributed by atoms with Gasteiger partial charge in [-0.05, 0) is 50.1 Å². The van der Waals surface area contributed by atoms with Crippen LogP contribution in [0.3, 0.4) is 0 Å². The summed E-state index contributed by atoms with van der Waals surface area (Å²) >= 11 is 0. The van der Waals surface area contributed by atoms with Gasteiger partial charge in [0, 0.05) is 13.0 Å². The van der Waals surface area contributed by atoms with Gasteiger partial charge in [0.15, 0.2) is 0 Å². The number of nitrogens with zero attached hydrogens (tertiary/aromatic N) is 1. The maximum absolute atomic E-state index is 12.3. The lowest BCUT2D eigenvalue weighted by Gasteiger charge is -2.24. The van der Waals surface area contributed by atoms with Crippen LogP contribution in [-0.2, 0) is 4.79 Å². The van der Waals surface area contributed by atoms with Crippen molar-refractivity contribution in [2.45, 2.75) is 27.2 Å². The van der Waals surface area contributed by atoms with Gasteiger partial charge in [0.05, 0.1) is 12.8 Å². The molecule has 0 aromatic heterocycles. The Balaban J connectivity index is 3.08. The Morgan fingerprint density at radius 2 is 1.95 bits per heavy atom. The SMILES string of the molecule is COc1cc(C)c(C)cc1N(C)C(=O)C(C)CCN. The number of nitrogens with two attached hydrogens (primary N) is 1. The number of hydrogen-bond donors (Lipinski definition) is 1. The second-order valence-corrected chi connectivity index (χ2v) is 4.98. The van der Waals surface area contributed by atoms with Crippen molar-refractivity contribution in [3.05, 3.63) is 23.3 Å². The van der Waals surface area contributed by atoms with Crippen molar-refractivity contribution in [1.82, 2.24) is 0 Å². The van der Waals surface area contributed by atoms with Crippen LogP contribution >= 0.6 is 0 Å². The molecule has 0 aliphatic heterocycles. The van der Waals surface area contributed by atoms with Crippen LogP contribution in [0.15, 0.2) is 12.1 Å². The van der Waals surface area contributed by atoms with Gasteiger partial charge in [0.25, 0.3) is 0 Å². The van der Waals surface area contributed by atoms with Gasteiger partial charge in [-0.1, -0.05) is 6.92 Å². The van der Waals surface area contributed by atoms with Crippen LogP contribution in [0.5, 0.6) is 5.75 Å².